The number of hydrogen-bond acceptors (Lipinski definition) is 3. The Kier molecular flexibility index (Phi) is 4.03. The summed E-state index contributed by atoms with van der Waals surface area (Å²) in [6.45, 7) is 2.39. The zero-order chi connectivity index (χ0) is 13.7. The number of carbonyl (C=O) groups is 1. The third kappa shape index (κ3) is 3.04. The zero-order valence-electron chi connectivity index (χ0n) is 10.7. The molecule has 2 aromatic carbocycles. The van der Waals surface area contributed by atoms with Crippen LogP contribution in [0.15, 0.2) is 48.5 Å². The van der Waals surface area contributed by atoms with Crippen molar-refractivity contribution in [1.29, 1.82) is 0 Å². The van der Waals surface area contributed by atoms with Gasteiger partial charge in [-0.25, -0.2) is 0 Å². The number of ether oxygens (including phenoxy) is 1. The molecular weight excluding hydrogens is 240 g/mol. The molecule has 0 bridgehead atoms. The fraction of sp³-hybridized carbons (Fsp3) is 0.133. The van der Waals surface area contributed by atoms with E-state index >= 15 is 0 Å². The van der Waals surface area contributed by atoms with Gasteiger partial charge in [-0.3, -0.25) is 4.79 Å². The molecule has 0 unspecified atom stereocenters. The first-order chi connectivity index (χ1) is 9.22. The van der Waals surface area contributed by atoms with Gasteiger partial charge in [0.05, 0.1) is 23.5 Å². The van der Waals surface area contributed by atoms with Crippen LogP contribution in [0.1, 0.15) is 17.3 Å². The lowest BCUT2D eigenvalue weighted by Gasteiger charge is -2.11. The van der Waals surface area contributed by atoms with Crippen molar-refractivity contribution in [3.63, 3.8) is 0 Å². The number of benzene rings is 2. The van der Waals surface area contributed by atoms with Gasteiger partial charge < -0.3 is 15.8 Å². The molecule has 0 fully saturated rings. The van der Waals surface area contributed by atoms with Gasteiger partial charge in [0.2, 0.25) is 0 Å². The molecule has 3 N–H and O–H groups in total. The van der Waals surface area contributed by atoms with E-state index < -0.39 is 0 Å². The maximum Gasteiger partial charge on any atom is 0.259 e. The van der Waals surface area contributed by atoms with Crippen LogP contribution in [0, 0.1) is 0 Å². The number of carbonyl (C=O) groups excluding carboxylic acids is 1. The topological polar surface area (TPSA) is 64.3 Å². The van der Waals surface area contributed by atoms with Crippen LogP contribution in [0.4, 0.5) is 11.4 Å². The van der Waals surface area contributed by atoms with Crippen LogP contribution in [0.3, 0.4) is 0 Å². The molecule has 0 spiro atoms. The van der Waals surface area contributed by atoms with E-state index in [2.05, 4.69) is 5.32 Å². The number of nitrogens with one attached hydrogen (secondary N) is 1. The lowest BCUT2D eigenvalue weighted by Crippen LogP contribution is -2.14. The van der Waals surface area contributed by atoms with E-state index in [4.69, 9.17) is 10.5 Å². The Hall–Kier alpha value is -2.49. The van der Waals surface area contributed by atoms with Crippen molar-refractivity contribution in [3.05, 3.63) is 54.1 Å². The van der Waals surface area contributed by atoms with E-state index in [1.54, 1.807) is 30.3 Å². The summed E-state index contributed by atoms with van der Waals surface area (Å²) in [4.78, 5) is 12.2. The number of nitrogens with two attached hydrogens (primary N) is 1. The molecule has 0 radical (unpaired) electrons. The molecule has 0 atom stereocenters. The van der Waals surface area contributed by atoms with Crippen molar-refractivity contribution in [3.8, 4) is 5.75 Å². The van der Waals surface area contributed by atoms with Crippen LogP contribution in [0.25, 0.3) is 0 Å². The van der Waals surface area contributed by atoms with Crippen LogP contribution in [-0.2, 0) is 0 Å². The molecule has 19 heavy (non-hydrogen) atoms. The monoisotopic (exact) mass is 256 g/mol. The Morgan fingerprint density at radius 1 is 1.16 bits per heavy atom. The highest BCUT2D eigenvalue weighted by atomic mass is 16.5. The van der Waals surface area contributed by atoms with Gasteiger partial charge in [-0.05, 0) is 31.2 Å². The molecular formula is C15H16N2O2. The van der Waals surface area contributed by atoms with E-state index in [-0.39, 0.29) is 5.91 Å². The highest BCUT2D eigenvalue weighted by Gasteiger charge is 2.12. The van der Waals surface area contributed by atoms with Crippen LogP contribution < -0.4 is 15.8 Å². The van der Waals surface area contributed by atoms with Crippen molar-refractivity contribution in [2.75, 3.05) is 17.7 Å². The summed E-state index contributed by atoms with van der Waals surface area (Å²) in [7, 11) is 0. The molecule has 0 aromatic heterocycles. The van der Waals surface area contributed by atoms with Gasteiger partial charge >= 0.3 is 0 Å². The van der Waals surface area contributed by atoms with Crippen LogP contribution in [0.5, 0.6) is 5.75 Å². The molecule has 4 nitrogen and oxygen atoms in total. The molecule has 0 saturated carbocycles. The molecule has 0 aliphatic heterocycles. The van der Waals surface area contributed by atoms with Gasteiger partial charge in [0.15, 0.2) is 0 Å². The summed E-state index contributed by atoms with van der Waals surface area (Å²) < 4.78 is 5.43. The predicted molar refractivity (Wildman–Crippen MR) is 76.4 cm³/mol. The SMILES string of the molecule is CCOc1ccccc1C(=O)Nc1ccccc1N. The molecule has 0 aliphatic rings. The van der Waals surface area contributed by atoms with Gasteiger partial charge in [-0.1, -0.05) is 24.3 Å². The predicted octanol–water partition coefficient (Wildman–Crippen LogP) is 2.92. The molecule has 2 aromatic rings. The van der Waals surface area contributed by atoms with E-state index in [9.17, 15) is 4.79 Å². The summed E-state index contributed by atoms with van der Waals surface area (Å²) in [6.07, 6.45) is 0. The van der Waals surface area contributed by atoms with Crippen LogP contribution in [0.2, 0.25) is 0 Å². The fourth-order valence-corrected chi connectivity index (χ4v) is 1.74. The first-order valence-electron chi connectivity index (χ1n) is 6.10. The molecule has 0 saturated heterocycles. The molecule has 98 valence electrons. The molecule has 0 heterocycles. The Morgan fingerprint density at radius 2 is 1.84 bits per heavy atom. The van der Waals surface area contributed by atoms with Crippen molar-refractivity contribution in [1.82, 2.24) is 0 Å². The Morgan fingerprint density at radius 3 is 2.58 bits per heavy atom. The van der Waals surface area contributed by atoms with Crippen molar-refractivity contribution in [2.45, 2.75) is 6.92 Å². The maximum atomic E-state index is 12.2. The number of nitrogen functional groups attached to an aromatic ring is 1. The average Bonchev–Trinajstić information content (AvgIpc) is 2.42. The van der Waals surface area contributed by atoms with E-state index in [1.807, 2.05) is 25.1 Å². The number of hydrogen-bond donors (Lipinski definition) is 2. The first kappa shape index (κ1) is 13.0. The summed E-state index contributed by atoms with van der Waals surface area (Å²) >= 11 is 0. The van der Waals surface area contributed by atoms with E-state index in [0.717, 1.165) is 0 Å². The van der Waals surface area contributed by atoms with Crippen LogP contribution in [-0.4, -0.2) is 12.5 Å². The number of para-hydroxylation sites is 3. The summed E-state index contributed by atoms with van der Waals surface area (Å²) in [5.74, 6) is 0.332. The quantitative estimate of drug-likeness (QED) is 0.827. The highest BCUT2D eigenvalue weighted by Crippen LogP contribution is 2.22. The Bertz CT molecular complexity index is 582. The largest absolute Gasteiger partial charge is 0.493 e. The first-order valence-corrected chi connectivity index (χ1v) is 6.10. The number of amides is 1. The highest BCUT2D eigenvalue weighted by molar-refractivity contribution is 6.07. The Balaban J connectivity index is 2.23. The number of anilines is 2. The molecule has 1 amide bonds. The third-order valence-corrected chi connectivity index (χ3v) is 2.64. The normalized spacial score (nSPS) is 9.95. The van der Waals surface area contributed by atoms with E-state index in [0.29, 0.717) is 29.3 Å². The second-order valence-electron chi connectivity index (χ2n) is 3.97. The van der Waals surface area contributed by atoms with E-state index in [1.165, 1.54) is 0 Å². The summed E-state index contributed by atoms with van der Waals surface area (Å²) in [6, 6.07) is 14.3. The van der Waals surface area contributed by atoms with Crippen molar-refractivity contribution in [2.24, 2.45) is 0 Å². The lowest BCUT2D eigenvalue weighted by atomic mass is 10.1. The van der Waals surface area contributed by atoms with Gasteiger partial charge in [-0.2, -0.15) is 0 Å². The smallest absolute Gasteiger partial charge is 0.259 e. The zero-order valence-corrected chi connectivity index (χ0v) is 10.7. The lowest BCUT2D eigenvalue weighted by molar-refractivity contribution is 0.102. The standard InChI is InChI=1S/C15H16N2O2/c1-2-19-14-10-6-3-7-11(14)15(18)17-13-9-5-4-8-12(13)16/h3-10H,2,16H2,1H3,(H,17,18). The summed E-state index contributed by atoms with van der Waals surface area (Å²) in [5, 5.41) is 2.78. The third-order valence-electron chi connectivity index (χ3n) is 2.64. The van der Waals surface area contributed by atoms with Gasteiger partial charge in [0.25, 0.3) is 5.91 Å². The minimum absolute atomic E-state index is 0.234. The molecule has 2 rings (SSSR count). The minimum Gasteiger partial charge on any atom is -0.493 e. The second kappa shape index (κ2) is 5.91. The van der Waals surface area contributed by atoms with Crippen molar-refractivity contribution < 1.29 is 9.53 Å². The van der Waals surface area contributed by atoms with Gasteiger partial charge in [-0.15, -0.1) is 0 Å². The fourth-order valence-electron chi connectivity index (χ4n) is 1.74. The molecule has 0 aliphatic carbocycles. The van der Waals surface area contributed by atoms with Crippen LogP contribution >= 0.6 is 0 Å². The Labute approximate surface area is 112 Å². The van der Waals surface area contributed by atoms with Gasteiger partial charge in [0, 0.05) is 0 Å². The average molecular weight is 256 g/mol. The minimum atomic E-state index is -0.234. The maximum absolute atomic E-state index is 12.2. The number of rotatable bonds is 4. The van der Waals surface area contributed by atoms with Gasteiger partial charge in [0.1, 0.15) is 5.75 Å². The molecule has 4 heteroatoms. The summed E-state index contributed by atoms with van der Waals surface area (Å²) in [5.41, 5.74) is 7.42. The van der Waals surface area contributed by atoms with Crippen molar-refractivity contribution >= 4 is 17.3 Å². The second-order valence-corrected chi connectivity index (χ2v) is 3.97.